The number of sulfonamides is 1. The van der Waals surface area contributed by atoms with Crippen LogP contribution in [0.15, 0.2) is 95.9 Å². The van der Waals surface area contributed by atoms with Crippen molar-refractivity contribution in [2.24, 2.45) is 0 Å². The lowest BCUT2D eigenvalue weighted by atomic mass is 10.2. The molecule has 0 aliphatic carbocycles. The van der Waals surface area contributed by atoms with E-state index in [9.17, 15) is 18.0 Å². The zero-order valence-corrected chi connectivity index (χ0v) is 16.5. The van der Waals surface area contributed by atoms with E-state index < -0.39 is 21.7 Å². The summed E-state index contributed by atoms with van der Waals surface area (Å²) in [5.74, 6) is -2.09. The zero-order chi connectivity index (χ0) is 20.9. The van der Waals surface area contributed by atoms with Gasteiger partial charge in [0, 0.05) is 0 Å². The standard InChI is InChI=1S/C23H19NO4S/c1-18-12-15-21(16-13-18)29(27,28)24(20-10-6-3-7-11-20)23(26)22(25)17-14-19-8-4-2-5-9-19/h2-17H,1H3/b17-14+. The lowest BCUT2D eigenvalue weighted by Crippen LogP contribution is -2.40. The first kappa shape index (κ1) is 20.2. The first-order valence-corrected chi connectivity index (χ1v) is 10.3. The Kier molecular flexibility index (Phi) is 6.04. The van der Waals surface area contributed by atoms with E-state index in [4.69, 9.17) is 0 Å². The number of hydrogen-bond donors (Lipinski definition) is 0. The van der Waals surface area contributed by atoms with Gasteiger partial charge >= 0.3 is 5.91 Å². The largest absolute Gasteiger partial charge is 0.312 e. The number of anilines is 1. The average molecular weight is 405 g/mol. The molecular formula is C23H19NO4S. The SMILES string of the molecule is Cc1ccc(S(=O)(=O)N(C(=O)C(=O)/C=C/c2ccccc2)c2ccccc2)cc1. The number of amides is 1. The van der Waals surface area contributed by atoms with Crippen molar-refractivity contribution in [3.05, 3.63) is 102 Å². The van der Waals surface area contributed by atoms with Gasteiger partial charge < -0.3 is 0 Å². The molecule has 0 heterocycles. The maximum absolute atomic E-state index is 13.2. The van der Waals surface area contributed by atoms with Crippen molar-refractivity contribution < 1.29 is 18.0 Å². The molecule has 146 valence electrons. The summed E-state index contributed by atoms with van der Waals surface area (Å²) in [6, 6.07) is 22.9. The molecule has 3 aromatic carbocycles. The summed E-state index contributed by atoms with van der Waals surface area (Å²) in [4.78, 5) is 25.3. The molecule has 0 N–H and O–H groups in total. The summed E-state index contributed by atoms with van der Waals surface area (Å²) < 4.78 is 26.9. The molecule has 1 amide bonds. The molecule has 0 aromatic heterocycles. The molecule has 0 radical (unpaired) electrons. The van der Waals surface area contributed by atoms with E-state index in [1.165, 1.54) is 30.3 Å². The van der Waals surface area contributed by atoms with Crippen LogP contribution in [0.5, 0.6) is 0 Å². The van der Waals surface area contributed by atoms with Gasteiger partial charge in [-0.3, -0.25) is 9.59 Å². The topological polar surface area (TPSA) is 71.5 Å². The number of aryl methyl sites for hydroxylation is 1. The normalized spacial score (nSPS) is 11.3. The Balaban J connectivity index is 2.00. The third-order valence-electron chi connectivity index (χ3n) is 4.17. The van der Waals surface area contributed by atoms with Gasteiger partial charge in [0.05, 0.1) is 10.6 Å². The molecule has 0 unspecified atom stereocenters. The fourth-order valence-corrected chi connectivity index (χ4v) is 4.05. The van der Waals surface area contributed by atoms with E-state index in [0.29, 0.717) is 4.31 Å². The van der Waals surface area contributed by atoms with Gasteiger partial charge in [-0.05, 0) is 42.8 Å². The summed E-state index contributed by atoms with van der Waals surface area (Å²) in [7, 11) is -4.27. The van der Waals surface area contributed by atoms with E-state index >= 15 is 0 Å². The molecule has 0 atom stereocenters. The number of rotatable bonds is 6. The second-order valence-electron chi connectivity index (χ2n) is 6.33. The van der Waals surface area contributed by atoms with Crippen LogP contribution >= 0.6 is 0 Å². The number of benzene rings is 3. The van der Waals surface area contributed by atoms with Crippen molar-refractivity contribution in [2.75, 3.05) is 4.31 Å². The molecule has 0 fully saturated rings. The molecule has 0 spiro atoms. The number of carbonyl (C=O) groups excluding carboxylic acids is 2. The summed E-state index contributed by atoms with van der Waals surface area (Å²) in [5, 5.41) is 0. The maximum Gasteiger partial charge on any atom is 0.312 e. The molecule has 29 heavy (non-hydrogen) atoms. The Bertz CT molecular complexity index is 1140. The molecule has 0 saturated heterocycles. The molecular weight excluding hydrogens is 386 g/mol. The number of para-hydroxylation sites is 1. The Hall–Kier alpha value is -3.51. The minimum Gasteiger partial charge on any atom is -0.284 e. The third-order valence-corrected chi connectivity index (χ3v) is 5.90. The maximum atomic E-state index is 13.2. The van der Waals surface area contributed by atoms with Crippen LogP contribution in [-0.2, 0) is 19.6 Å². The molecule has 0 saturated carbocycles. The first-order chi connectivity index (χ1) is 13.9. The predicted octanol–water partition coefficient (Wildman–Crippen LogP) is 4.00. The predicted molar refractivity (Wildman–Crippen MR) is 113 cm³/mol. The van der Waals surface area contributed by atoms with Gasteiger partial charge in [-0.1, -0.05) is 72.3 Å². The van der Waals surface area contributed by atoms with Crippen LogP contribution < -0.4 is 4.31 Å². The zero-order valence-electron chi connectivity index (χ0n) is 15.7. The van der Waals surface area contributed by atoms with E-state index in [1.54, 1.807) is 54.6 Å². The van der Waals surface area contributed by atoms with Crippen LogP contribution in [0, 0.1) is 6.92 Å². The van der Waals surface area contributed by atoms with Crippen LogP contribution in [-0.4, -0.2) is 20.1 Å². The van der Waals surface area contributed by atoms with Gasteiger partial charge in [0.1, 0.15) is 0 Å². The second kappa shape index (κ2) is 8.67. The lowest BCUT2D eigenvalue weighted by molar-refractivity contribution is -0.132. The van der Waals surface area contributed by atoms with Gasteiger partial charge in [-0.15, -0.1) is 0 Å². The van der Waals surface area contributed by atoms with E-state index in [1.807, 2.05) is 13.0 Å². The van der Waals surface area contributed by atoms with Crippen molar-refractivity contribution in [3.8, 4) is 0 Å². The fraction of sp³-hybridized carbons (Fsp3) is 0.0435. The van der Waals surface area contributed by atoms with Crippen LogP contribution in [0.2, 0.25) is 0 Å². The molecule has 5 nitrogen and oxygen atoms in total. The number of carbonyl (C=O) groups is 2. The van der Waals surface area contributed by atoms with Crippen LogP contribution in [0.25, 0.3) is 6.08 Å². The Morgan fingerprint density at radius 2 is 1.34 bits per heavy atom. The highest BCUT2D eigenvalue weighted by molar-refractivity contribution is 7.93. The van der Waals surface area contributed by atoms with Gasteiger partial charge in [0.25, 0.3) is 10.0 Å². The van der Waals surface area contributed by atoms with Crippen molar-refractivity contribution in [2.45, 2.75) is 11.8 Å². The monoisotopic (exact) mass is 405 g/mol. The van der Waals surface area contributed by atoms with E-state index in [2.05, 4.69) is 0 Å². The third kappa shape index (κ3) is 4.67. The highest BCUT2D eigenvalue weighted by Gasteiger charge is 2.33. The van der Waals surface area contributed by atoms with Crippen LogP contribution in [0.1, 0.15) is 11.1 Å². The van der Waals surface area contributed by atoms with E-state index in [-0.39, 0.29) is 10.6 Å². The summed E-state index contributed by atoms with van der Waals surface area (Å²) in [6.45, 7) is 1.83. The highest BCUT2D eigenvalue weighted by Crippen LogP contribution is 2.24. The van der Waals surface area contributed by atoms with Crippen molar-refractivity contribution in [1.29, 1.82) is 0 Å². The minimum atomic E-state index is -4.27. The number of ketones is 1. The number of hydrogen-bond acceptors (Lipinski definition) is 4. The van der Waals surface area contributed by atoms with Gasteiger partial charge in [-0.25, -0.2) is 8.42 Å². The van der Waals surface area contributed by atoms with Gasteiger partial charge in [-0.2, -0.15) is 4.31 Å². The van der Waals surface area contributed by atoms with Crippen molar-refractivity contribution in [3.63, 3.8) is 0 Å². The molecule has 0 bridgehead atoms. The minimum absolute atomic E-state index is 0.0693. The quantitative estimate of drug-likeness (QED) is 0.459. The van der Waals surface area contributed by atoms with Gasteiger partial charge in [0.2, 0.25) is 5.78 Å². The Morgan fingerprint density at radius 3 is 1.93 bits per heavy atom. The smallest absolute Gasteiger partial charge is 0.284 e. The Labute approximate surface area is 170 Å². The highest BCUT2D eigenvalue weighted by atomic mass is 32.2. The fourth-order valence-electron chi connectivity index (χ4n) is 2.65. The molecule has 0 aliphatic heterocycles. The molecule has 3 aromatic rings. The lowest BCUT2D eigenvalue weighted by Gasteiger charge is -2.21. The summed E-state index contributed by atoms with van der Waals surface area (Å²) in [5.41, 5.74) is 1.70. The van der Waals surface area contributed by atoms with Crippen molar-refractivity contribution in [1.82, 2.24) is 0 Å². The Morgan fingerprint density at radius 1 is 0.793 bits per heavy atom. The van der Waals surface area contributed by atoms with E-state index in [0.717, 1.165) is 17.2 Å². The first-order valence-electron chi connectivity index (χ1n) is 8.88. The number of nitrogens with zero attached hydrogens (tertiary/aromatic N) is 1. The molecule has 3 rings (SSSR count). The van der Waals surface area contributed by atoms with Crippen LogP contribution in [0.3, 0.4) is 0 Å². The van der Waals surface area contributed by atoms with Crippen molar-refractivity contribution >= 4 is 33.5 Å². The summed E-state index contributed by atoms with van der Waals surface area (Å²) >= 11 is 0. The summed E-state index contributed by atoms with van der Waals surface area (Å²) in [6.07, 6.45) is 2.56. The van der Waals surface area contributed by atoms with Crippen LogP contribution in [0.4, 0.5) is 5.69 Å². The molecule has 0 aliphatic rings. The molecule has 6 heteroatoms. The van der Waals surface area contributed by atoms with Gasteiger partial charge in [0.15, 0.2) is 0 Å². The average Bonchev–Trinajstić information content (AvgIpc) is 2.73. The second-order valence-corrected chi connectivity index (χ2v) is 8.12.